The van der Waals surface area contributed by atoms with Crippen molar-refractivity contribution in [1.29, 1.82) is 0 Å². The van der Waals surface area contributed by atoms with Gasteiger partial charge in [0.05, 0.1) is 18.0 Å². The molecule has 2 atom stereocenters. The number of β-amino-alcohol motifs (C(OH)–C–C–N with tert-alkyl or cyclic N) is 1. The largest absolute Gasteiger partial charge is 0.392 e. The molecule has 5 nitrogen and oxygen atoms in total. The molecule has 2 fully saturated rings. The first kappa shape index (κ1) is 11.3. The summed E-state index contributed by atoms with van der Waals surface area (Å²) >= 11 is 0. The molecule has 2 heterocycles. The van der Waals surface area contributed by atoms with Crippen LogP contribution in [0, 0.1) is 0 Å². The van der Waals surface area contributed by atoms with Crippen LogP contribution < -0.4 is 0 Å². The van der Waals surface area contributed by atoms with E-state index in [1.165, 1.54) is 4.31 Å². The van der Waals surface area contributed by atoms with Crippen molar-refractivity contribution >= 4 is 10.0 Å². The van der Waals surface area contributed by atoms with Crippen LogP contribution in [-0.2, 0) is 14.8 Å². The molecule has 0 aromatic rings. The molecule has 2 aliphatic rings. The van der Waals surface area contributed by atoms with Crippen LogP contribution in [0.15, 0.2) is 0 Å². The summed E-state index contributed by atoms with van der Waals surface area (Å²) in [5.41, 5.74) is 0. The van der Waals surface area contributed by atoms with E-state index in [2.05, 4.69) is 0 Å². The van der Waals surface area contributed by atoms with Crippen molar-refractivity contribution in [3.05, 3.63) is 0 Å². The Hall–Kier alpha value is -0.170. The number of aliphatic hydroxyl groups is 1. The Bertz CT molecular complexity index is 310. The van der Waals surface area contributed by atoms with Gasteiger partial charge in [0.1, 0.15) is 0 Å². The van der Waals surface area contributed by atoms with Gasteiger partial charge in [-0.2, -0.15) is 4.31 Å². The number of hydrogen-bond donors (Lipinski definition) is 1. The Morgan fingerprint density at radius 2 is 2.20 bits per heavy atom. The van der Waals surface area contributed by atoms with Crippen molar-refractivity contribution < 1.29 is 18.3 Å². The van der Waals surface area contributed by atoms with E-state index >= 15 is 0 Å². The lowest BCUT2D eigenvalue weighted by Crippen LogP contribution is -2.35. The highest BCUT2D eigenvalue weighted by atomic mass is 32.2. The van der Waals surface area contributed by atoms with E-state index in [4.69, 9.17) is 4.74 Å². The lowest BCUT2D eigenvalue weighted by molar-refractivity contribution is 0.126. The average Bonchev–Trinajstić information content (AvgIpc) is 2.75. The first-order chi connectivity index (χ1) is 7.08. The van der Waals surface area contributed by atoms with Crippen molar-refractivity contribution in [3.63, 3.8) is 0 Å². The Morgan fingerprint density at radius 1 is 1.40 bits per heavy atom. The standard InChI is InChI=1S/C9H17NO4S/c11-8-3-4-10(6-8)15(12,13)7-9-2-1-5-14-9/h8-9,11H,1-7H2/t8-,9?/m1/s1. The predicted octanol–water partition coefficient (Wildman–Crippen LogP) is -0.438. The third-order valence-corrected chi connectivity index (χ3v) is 4.85. The van der Waals surface area contributed by atoms with Crippen LogP contribution in [0.4, 0.5) is 0 Å². The first-order valence-corrected chi connectivity index (χ1v) is 6.96. The van der Waals surface area contributed by atoms with Gasteiger partial charge in [0.2, 0.25) is 10.0 Å². The van der Waals surface area contributed by atoms with Gasteiger partial charge in [-0.25, -0.2) is 8.42 Å². The molecule has 0 amide bonds. The zero-order chi connectivity index (χ0) is 10.9. The molecule has 0 spiro atoms. The summed E-state index contributed by atoms with van der Waals surface area (Å²) in [4.78, 5) is 0. The van der Waals surface area contributed by atoms with Crippen molar-refractivity contribution in [2.24, 2.45) is 0 Å². The molecule has 1 N–H and O–H groups in total. The van der Waals surface area contributed by atoms with E-state index < -0.39 is 16.1 Å². The second-order valence-electron chi connectivity index (χ2n) is 4.21. The van der Waals surface area contributed by atoms with Gasteiger partial charge in [-0.1, -0.05) is 0 Å². The van der Waals surface area contributed by atoms with Crippen molar-refractivity contribution in [3.8, 4) is 0 Å². The molecular formula is C9H17NO4S. The number of sulfonamides is 1. The van der Waals surface area contributed by atoms with Crippen LogP contribution in [-0.4, -0.2) is 55.5 Å². The van der Waals surface area contributed by atoms with Crippen molar-refractivity contribution in [2.45, 2.75) is 31.5 Å². The van der Waals surface area contributed by atoms with Gasteiger partial charge in [0.15, 0.2) is 0 Å². The van der Waals surface area contributed by atoms with Gasteiger partial charge < -0.3 is 9.84 Å². The quantitative estimate of drug-likeness (QED) is 0.720. The highest BCUT2D eigenvalue weighted by Crippen LogP contribution is 2.19. The Balaban J connectivity index is 1.94. The molecule has 88 valence electrons. The van der Waals surface area contributed by atoms with Crippen LogP contribution in [0.25, 0.3) is 0 Å². The molecular weight excluding hydrogens is 218 g/mol. The molecule has 2 aliphatic heterocycles. The molecule has 2 saturated heterocycles. The molecule has 6 heteroatoms. The molecule has 15 heavy (non-hydrogen) atoms. The molecule has 0 bridgehead atoms. The summed E-state index contributed by atoms with van der Waals surface area (Å²) in [6, 6.07) is 0. The molecule has 0 aromatic carbocycles. The molecule has 0 aromatic heterocycles. The molecule has 0 aliphatic carbocycles. The maximum Gasteiger partial charge on any atom is 0.216 e. The molecule has 2 rings (SSSR count). The van der Waals surface area contributed by atoms with Gasteiger partial charge in [0.25, 0.3) is 0 Å². The first-order valence-electron chi connectivity index (χ1n) is 5.35. The van der Waals surface area contributed by atoms with E-state index in [-0.39, 0.29) is 18.4 Å². The molecule has 0 saturated carbocycles. The highest BCUT2D eigenvalue weighted by Gasteiger charge is 2.33. The number of aliphatic hydroxyl groups excluding tert-OH is 1. The normalized spacial score (nSPS) is 33.7. The van der Waals surface area contributed by atoms with Crippen molar-refractivity contribution in [1.82, 2.24) is 4.31 Å². The third kappa shape index (κ3) is 2.69. The minimum Gasteiger partial charge on any atom is -0.392 e. The van der Waals surface area contributed by atoms with Gasteiger partial charge in [0, 0.05) is 19.7 Å². The number of rotatable bonds is 3. The van der Waals surface area contributed by atoms with Gasteiger partial charge >= 0.3 is 0 Å². The van der Waals surface area contributed by atoms with Crippen LogP contribution in [0.5, 0.6) is 0 Å². The van der Waals surface area contributed by atoms with Crippen LogP contribution in [0.1, 0.15) is 19.3 Å². The average molecular weight is 235 g/mol. The minimum atomic E-state index is -3.23. The van der Waals surface area contributed by atoms with Gasteiger partial charge in [-0.15, -0.1) is 0 Å². The third-order valence-electron chi connectivity index (χ3n) is 2.94. The van der Waals surface area contributed by atoms with Crippen molar-refractivity contribution in [2.75, 3.05) is 25.4 Å². The summed E-state index contributed by atoms with van der Waals surface area (Å²) in [7, 11) is -3.23. The Kier molecular flexibility index (Phi) is 3.30. The zero-order valence-electron chi connectivity index (χ0n) is 8.63. The second-order valence-corrected chi connectivity index (χ2v) is 6.23. The minimum absolute atomic E-state index is 0.0692. The summed E-state index contributed by atoms with van der Waals surface area (Å²) in [6.45, 7) is 1.36. The van der Waals surface area contributed by atoms with E-state index in [0.29, 0.717) is 19.6 Å². The van der Waals surface area contributed by atoms with E-state index in [9.17, 15) is 13.5 Å². The monoisotopic (exact) mass is 235 g/mol. The number of nitrogens with zero attached hydrogens (tertiary/aromatic N) is 1. The zero-order valence-corrected chi connectivity index (χ0v) is 9.45. The van der Waals surface area contributed by atoms with E-state index in [1.54, 1.807) is 0 Å². The summed E-state index contributed by atoms with van der Waals surface area (Å²) in [5, 5.41) is 9.29. The number of ether oxygens (including phenoxy) is 1. The van der Waals surface area contributed by atoms with Gasteiger partial charge in [-0.05, 0) is 19.3 Å². The summed E-state index contributed by atoms with van der Waals surface area (Å²) in [6.07, 6.45) is 1.68. The topological polar surface area (TPSA) is 66.8 Å². The lowest BCUT2D eigenvalue weighted by atomic mass is 10.3. The fraction of sp³-hybridized carbons (Fsp3) is 1.00. The Labute approximate surface area is 90.1 Å². The second kappa shape index (κ2) is 4.37. The van der Waals surface area contributed by atoms with E-state index in [1.807, 2.05) is 0 Å². The van der Waals surface area contributed by atoms with Gasteiger partial charge in [-0.3, -0.25) is 0 Å². The van der Waals surface area contributed by atoms with E-state index in [0.717, 1.165) is 12.8 Å². The predicted molar refractivity (Wildman–Crippen MR) is 55.0 cm³/mol. The fourth-order valence-electron chi connectivity index (χ4n) is 2.08. The molecule has 0 radical (unpaired) electrons. The molecule has 1 unspecified atom stereocenters. The maximum atomic E-state index is 11.9. The van der Waals surface area contributed by atoms with Crippen LogP contribution >= 0.6 is 0 Å². The highest BCUT2D eigenvalue weighted by molar-refractivity contribution is 7.89. The summed E-state index contributed by atoms with van der Waals surface area (Å²) < 4.78 is 30.4. The SMILES string of the molecule is O=S(=O)(CC1CCCO1)N1CC[C@@H](O)C1. The summed E-state index contributed by atoms with van der Waals surface area (Å²) in [5.74, 6) is 0.0692. The lowest BCUT2D eigenvalue weighted by Gasteiger charge is -2.18. The maximum absolute atomic E-state index is 11.9. The smallest absolute Gasteiger partial charge is 0.216 e. The number of hydrogen-bond acceptors (Lipinski definition) is 4. The van der Waals surface area contributed by atoms with Crippen LogP contribution in [0.3, 0.4) is 0 Å². The van der Waals surface area contributed by atoms with Crippen LogP contribution in [0.2, 0.25) is 0 Å². The Morgan fingerprint density at radius 3 is 2.73 bits per heavy atom. The fourth-order valence-corrected chi connectivity index (χ4v) is 3.81.